The van der Waals surface area contributed by atoms with E-state index in [-0.39, 0.29) is 5.43 Å². The van der Waals surface area contributed by atoms with Crippen molar-refractivity contribution in [2.45, 2.75) is 0 Å². The summed E-state index contributed by atoms with van der Waals surface area (Å²) in [6.45, 7) is 3.81. The Balaban J connectivity index is 1.89. The van der Waals surface area contributed by atoms with Gasteiger partial charge in [0.15, 0.2) is 5.43 Å². The van der Waals surface area contributed by atoms with Crippen LogP contribution in [0.15, 0.2) is 53.6 Å². The molecule has 0 aliphatic carbocycles. The highest BCUT2D eigenvalue weighted by Gasteiger charge is 2.11. The first kappa shape index (κ1) is 24.4. The summed E-state index contributed by atoms with van der Waals surface area (Å²) in [5.41, 5.74) is 4.85. The normalized spacial score (nSPS) is 11.3. The zero-order valence-electron chi connectivity index (χ0n) is 20.6. The number of hydrogen-bond acceptors (Lipinski definition) is 6. The largest absolute Gasteiger partial charge is 0.373 e. The van der Waals surface area contributed by atoms with Crippen molar-refractivity contribution in [2.75, 3.05) is 78.3 Å². The average Bonchev–Trinajstić information content (AvgIpc) is 2.80. The first-order chi connectivity index (χ1) is 15.7. The van der Waals surface area contributed by atoms with Crippen molar-refractivity contribution in [3.05, 3.63) is 59.0 Å². The molecule has 33 heavy (non-hydrogen) atoms. The van der Waals surface area contributed by atoms with Gasteiger partial charge in [0.2, 0.25) is 0 Å². The van der Waals surface area contributed by atoms with Gasteiger partial charge in [0, 0.05) is 63.1 Å². The lowest BCUT2D eigenvalue weighted by Gasteiger charge is -2.22. The molecule has 0 saturated carbocycles. The van der Waals surface area contributed by atoms with Gasteiger partial charge in [-0.15, -0.1) is 0 Å². The Kier molecular flexibility index (Phi) is 8.19. The molecule has 0 amide bonds. The molecule has 3 rings (SSSR count). The molecule has 0 atom stereocenters. The fourth-order valence-corrected chi connectivity index (χ4v) is 3.43. The number of nitrogens with zero attached hydrogens (tertiary/aromatic N) is 5. The summed E-state index contributed by atoms with van der Waals surface area (Å²) in [6, 6.07) is 11.2. The van der Waals surface area contributed by atoms with Crippen LogP contribution in [0.2, 0.25) is 0 Å². The third kappa shape index (κ3) is 6.87. The quantitative estimate of drug-likeness (QED) is 0.482. The van der Waals surface area contributed by atoms with E-state index < -0.39 is 0 Å². The summed E-state index contributed by atoms with van der Waals surface area (Å²) in [4.78, 5) is 32.9. The maximum Gasteiger partial charge on any atom is 0.182 e. The SMILES string of the molecule is CN(C)CCN(C)c1ccnc(-c2cc(=O)cc(-c3cc(N(C)CC[NH+](C)C)ccn3)[nH]2)c1. The molecule has 0 radical (unpaired) electrons. The minimum atomic E-state index is -0.0799. The first-order valence-electron chi connectivity index (χ1n) is 11.3. The van der Waals surface area contributed by atoms with Crippen LogP contribution in [-0.2, 0) is 0 Å². The van der Waals surface area contributed by atoms with Gasteiger partial charge >= 0.3 is 0 Å². The fourth-order valence-electron chi connectivity index (χ4n) is 3.43. The maximum atomic E-state index is 12.5. The predicted octanol–water partition coefficient (Wildman–Crippen LogP) is 1.08. The van der Waals surface area contributed by atoms with E-state index in [1.807, 2.05) is 24.3 Å². The summed E-state index contributed by atoms with van der Waals surface area (Å²) in [6.07, 6.45) is 3.57. The Labute approximate surface area is 196 Å². The zero-order valence-corrected chi connectivity index (χ0v) is 20.6. The molecule has 3 aromatic rings. The van der Waals surface area contributed by atoms with Gasteiger partial charge in [-0.25, -0.2) is 0 Å². The number of rotatable bonds is 10. The summed E-state index contributed by atoms with van der Waals surface area (Å²) in [5, 5.41) is 0. The summed E-state index contributed by atoms with van der Waals surface area (Å²) >= 11 is 0. The second-order valence-corrected chi connectivity index (χ2v) is 9.05. The third-order valence-corrected chi connectivity index (χ3v) is 5.59. The van der Waals surface area contributed by atoms with Crippen LogP contribution in [-0.4, -0.2) is 88.3 Å². The van der Waals surface area contributed by atoms with E-state index in [1.54, 1.807) is 24.5 Å². The lowest BCUT2D eigenvalue weighted by molar-refractivity contribution is -0.856. The van der Waals surface area contributed by atoms with Gasteiger partial charge < -0.3 is 24.6 Å². The van der Waals surface area contributed by atoms with Crippen LogP contribution in [0.4, 0.5) is 11.4 Å². The van der Waals surface area contributed by atoms with Crippen LogP contribution in [0.25, 0.3) is 22.8 Å². The van der Waals surface area contributed by atoms with Crippen molar-refractivity contribution in [2.24, 2.45) is 0 Å². The van der Waals surface area contributed by atoms with E-state index in [2.05, 4.69) is 71.9 Å². The number of aromatic nitrogens is 3. The smallest absolute Gasteiger partial charge is 0.182 e. The fraction of sp³-hybridized carbons (Fsp3) is 0.400. The van der Waals surface area contributed by atoms with Gasteiger partial charge in [0.05, 0.1) is 50.0 Å². The third-order valence-electron chi connectivity index (χ3n) is 5.59. The number of H-pyrrole nitrogens is 1. The molecule has 0 fully saturated rings. The zero-order chi connectivity index (χ0) is 24.0. The molecule has 0 bridgehead atoms. The summed E-state index contributed by atoms with van der Waals surface area (Å²) in [5.74, 6) is 0. The lowest BCUT2D eigenvalue weighted by Crippen LogP contribution is -3.06. The van der Waals surface area contributed by atoms with Crippen molar-refractivity contribution in [1.29, 1.82) is 0 Å². The van der Waals surface area contributed by atoms with E-state index in [1.165, 1.54) is 4.90 Å². The number of hydrogen-bond donors (Lipinski definition) is 2. The molecule has 0 spiro atoms. The minimum absolute atomic E-state index is 0.0799. The van der Waals surface area contributed by atoms with E-state index in [9.17, 15) is 4.79 Å². The van der Waals surface area contributed by atoms with Crippen LogP contribution < -0.4 is 20.1 Å². The number of quaternary nitrogens is 1. The second-order valence-electron chi connectivity index (χ2n) is 9.05. The van der Waals surface area contributed by atoms with E-state index in [4.69, 9.17) is 0 Å². The Morgan fingerprint density at radius 3 is 1.79 bits per heavy atom. The Hall–Kier alpha value is -3.23. The Bertz CT molecular complexity index is 1030. The lowest BCUT2D eigenvalue weighted by atomic mass is 10.1. The number of nitrogens with one attached hydrogen (secondary N) is 2. The minimum Gasteiger partial charge on any atom is -0.373 e. The van der Waals surface area contributed by atoms with Crippen LogP contribution in [0.3, 0.4) is 0 Å². The molecule has 2 N–H and O–H groups in total. The van der Waals surface area contributed by atoms with Crippen LogP contribution in [0, 0.1) is 0 Å². The van der Waals surface area contributed by atoms with Gasteiger partial charge in [-0.3, -0.25) is 14.8 Å². The monoisotopic (exact) mass is 450 g/mol. The molecule has 0 aliphatic rings. The molecule has 0 aliphatic heterocycles. The van der Waals surface area contributed by atoms with E-state index in [0.717, 1.165) is 48.9 Å². The highest BCUT2D eigenvalue weighted by Crippen LogP contribution is 2.24. The van der Waals surface area contributed by atoms with E-state index in [0.29, 0.717) is 11.4 Å². The maximum absolute atomic E-state index is 12.5. The van der Waals surface area contributed by atoms with Crippen LogP contribution in [0.1, 0.15) is 0 Å². The topological polar surface area (TPSA) is 72.8 Å². The first-order valence-corrected chi connectivity index (χ1v) is 11.3. The van der Waals surface area contributed by atoms with Crippen molar-refractivity contribution in [3.63, 3.8) is 0 Å². The standard InChI is InChI=1S/C25H35N7O/c1-29(2)11-13-31(5)19-7-9-26-22(15-19)24-17-21(33)18-25(28-24)23-16-20(8-10-27-23)32(6)14-12-30(3)4/h7-10,15-18H,11-14H2,1-6H3,(H,28,33)/p+1. The van der Waals surface area contributed by atoms with Crippen molar-refractivity contribution in [3.8, 4) is 22.8 Å². The molecule has 176 valence electrons. The number of aromatic amines is 1. The van der Waals surface area contributed by atoms with Gasteiger partial charge in [-0.2, -0.15) is 0 Å². The molecule has 0 aromatic carbocycles. The Morgan fingerprint density at radius 1 is 0.788 bits per heavy atom. The number of pyridine rings is 3. The molecule has 3 aromatic heterocycles. The summed E-state index contributed by atoms with van der Waals surface area (Å²) < 4.78 is 0. The van der Waals surface area contributed by atoms with Crippen molar-refractivity contribution in [1.82, 2.24) is 19.9 Å². The molecule has 3 heterocycles. The van der Waals surface area contributed by atoms with Crippen LogP contribution >= 0.6 is 0 Å². The predicted molar refractivity (Wildman–Crippen MR) is 136 cm³/mol. The van der Waals surface area contributed by atoms with Gasteiger partial charge in [0.25, 0.3) is 0 Å². The van der Waals surface area contributed by atoms with Gasteiger partial charge in [-0.05, 0) is 38.4 Å². The molecule has 8 nitrogen and oxygen atoms in total. The molecular weight excluding hydrogens is 414 g/mol. The molecular formula is C25H36N7O+. The number of anilines is 2. The van der Waals surface area contributed by atoms with Crippen molar-refractivity contribution >= 4 is 11.4 Å². The highest BCUT2D eigenvalue weighted by molar-refractivity contribution is 5.66. The van der Waals surface area contributed by atoms with Crippen LogP contribution in [0.5, 0.6) is 0 Å². The molecule has 0 saturated heterocycles. The van der Waals surface area contributed by atoms with Gasteiger partial charge in [-0.1, -0.05) is 0 Å². The summed E-state index contributed by atoms with van der Waals surface area (Å²) in [7, 11) is 12.5. The highest BCUT2D eigenvalue weighted by atomic mass is 16.1. The molecule has 0 unspecified atom stereocenters. The van der Waals surface area contributed by atoms with Gasteiger partial charge in [0.1, 0.15) is 0 Å². The molecule has 8 heteroatoms. The Morgan fingerprint density at radius 2 is 1.30 bits per heavy atom. The number of likely N-dealkylation sites (N-methyl/N-ethyl adjacent to an activating group) is 4. The van der Waals surface area contributed by atoms with Crippen molar-refractivity contribution < 1.29 is 4.90 Å². The second kappa shape index (κ2) is 11.1. The van der Waals surface area contributed by atoms with E-state index >= 15 is 0 Å². The average molecular weight is 451 g/mol.